The summed E-state index contributed by atoms with van der Waals surface area (Å²) < 4.78 is 11.8. The van der Waals surface area contributed by atoms with Crippen molar-refractivity contribution in [2.24, 2.45) is 17.8 Å². The van der Waals surface area contributed by atoms with E-state index in [2.05, 4.69) is 12.2 Å². The molecule has 0 aliphatic carbocycles. The average molecular weight is 425 g/mol. The molecular weight excluding hydrogens is 388 g/mol. The summed E-state index contributed by atoms with van der Waals surface area (Å²) in [7, 11) is 0. The summed E-state index contributed by atoms with van der Waals surface area (Å²) in [5.41, 5.74) is -1.94. The van der Waals surface area contributed by atoms with Gasteiger partial charge in [-0.05, 0) is 39.5 Å². The van der Waals surface area contributed by atoms with Crippen LogP contribution in [-0.4, -0.2) is 70.8 Å². The van der Waals surface area contributed by atoms with E-state index in [1.165, 1.54) is 4.90 Å². The Morgan fingerprint density at radius 3 is 2.67 bits per heavy atom. The van der Waals surface area contributed by atoms with E-state index in [-0.39, 0.29) is 30.9 Å². The van der Waals surface area contributed by atoms with E-state index in [1.807, 2.05) is 13.8 Å². The molecule has 3 aliphatic heterocycles. The second kappa shape index (κ2) is 8.46. The van der Waals surface area contributed by atoms with Crippen LogP contribution in [0.2, 0.25) is 0 Å². The standard InChI is InChI=1S/C22H36N2O6/c1-6-8-9-10-23-18(26)17-22-11-13(3)21(5,30-22)16(20(28)29-7-2)15(22)19(27)24(17)14(4)12-25/h13-17,25H,6-12H2,1-5H3,(H,23,26)/t13?,14-,15+,16+,17?,21-,22?/m1/s1. The van der Waals surface area contributed by atoms with Crippen molar-refractivity contribution in [3.05, 3.63) is 0 Å². The van der Waals surface area contributed by atoms with Gasteiger partial charge in [0.05, 0.1) is 30.8 Å². The van der Waals surface area contributed by atoms with Crippen LogP contribution in [0.3, 0.4) is 0 Å². The van der Waals surface area contributed by atoms with E-state index in [4.69, 9.17) is 9.47 Å². The third kappa shape index (κ3) is 3.23. The van der Waals surface area contributed by atoms with Gasteiger partial charge in [-0.25, -0.2) is 0 Å². The molecule has 8 nitrogen and oxygen atoms in total. The van der Waals surface area contributed by atoms with Crippen LogP contribution in [0.15, 0.2) is 0 Å². The minimum Gasteiger partial charge on any atom is -0.466 e. The van der Waals surface area contributed by atoms with Gasteiger partial charge in [-0.3, -0.25) is 14.4 Å². The van der Waals surface area contributed by atoms with Gasteiger partial charge in [0.1, 0.15) is 17.6 Å². The summed E-state index contributed by atoms with van der Waals surface area (Å²) in [5, 5.41) is 12.8. The number of fused-ring (bicyclic) bond motifs is 1. The van der Waals surface area contributed by atoms with Gasteiger partial charge >= 0.3 is 5.97 Å². The Bertz CT molecular complexity index is 699. The van der Waals surface area contributed by atoms with Gasteiger partial charge in [-0.2, -0.15) is 0 Å². The smallest absolute Gasteiger partial charge is 0.312 e. The predicted octanol–water partition coefficient (Wildman–Crippen LogP) is 1.25. The summed E-state index contributed by atoms with van der Waals surface area (Å²) >= 11 is 0. The summed E-state index contributed by atoms with van der Waals surface area (Å²) in [6.07, 6.45) is 3.41. The molecule has 3 heterocycles. The topological polar surface area (TPSA) is 105 Å². The van der Waals surface area contributed by atoms with Crippen molar-refractivity contribution in [3.63, 3.8) is 0 Å². The number of carbonyl (C=O) groups is 3. The Morgan fingerprint density at radius 1 is 1.37 bits per heavy atom. The van der Waals surface area contributed by atoms with Crippen LogP contribution in [0, 0.1) is 17.8 Å². The number of amides is 2. The van der Waals surface area contributed by atoms with E-state index in [0.29, 0.717) is 13.0 Å². The first-order chi connectivity index (χ1) is 14.2. The largest absolute Gasteiger partial charge is 0.466 e. The molecule has 170 valence electrons. The minimum absolute atomic E-state index is 0.0178. The molecule has 1 spiro atoms. The maximum atomic E-state index is 13.6. The molecule has 2 bridgehead atoms. The Morgan fingerprint density at radius 2 is 2.07 bits per heavy atom. The number of likely N-dealkylation sites (tertiary alicyclic amines) is 1. The SMILES string of the molecule is CCCCCNC(=O)C1N([C@H](C)CO)C(=O)[C@@H]2[C@@H](C(=O)OCC)[C@]3(C)OC12CC3C. The highest BCUT2D eigenvalue weighted by Gasteiger charge is 2.80. The normalized spacial score (nSPS) is 37.9. The lowest BCUT2D eigenvalue weighted by atomic mass is 9.62. The summed E-state index contributed by atoms with van der Waals surface area (Å²) in [6, 6.07) is -1.43. The molecule has 0 aromatic rings. The van der Waals surface area contributed by atoms with Gasteiger partial charge in [-0.1, -0.05) is 26.7 Å². The van der Waals surface area contributed by atoms with Gasteiger partial charge in [0.2, 0.25) is 11.8 Å². The average Bonchev–Trinajstić information content (AvgIpc) is 3.22. The Kier molecular flexibility index (Phi) is 6.49. The second-order valence-corrected chi connectivity index (χ2v) is 9.23. The van der Waals surface area contributed by atoms with E-state index < -0.39 is 41.1 Å². The maximum Gasteiger partial charge on any atom is 0.312 e. The van der Waals surface area contributed by atoms with Crippen molar-refractivity contribution in [2.45, 2.75) is 83.6 Å². The number of nitrogens with one attached hydrogen (secondary N) is 1. The number of esters is 1. The fourth-order valence-electron chi connectivity index (χ4n) is 5.81. The molecule has 0 saturated carbocycles. The highest BCUT2D eigenvalue weighted by molar-refractivity contribution is 5.98. The highest BCUT2D eigenvalue weighted by Crippen LogP contribution is 2.65. The number of aliphatic hydroxyl groups is 1. The van der Waals surface area contributed by atoms with Crippen molar-refractivity contribution in [3.8, 4) is 0 Å². The number of ether oxygens (including phenoxy) is 2. The lowest BCUT2D eigenvalue weighted by Crippen LogP contribution is -2.57. The zero-order valence-corrected chi connectivity index (χ0v) is 18.8. The maximum absolute atomic E-state index is 13.6. The second-order valence-electron chi connectivity index (χ2n) is 9.23. The third-order valence-corrected chi connectivity index (χ3v) is 7.36. The minimum atomic E-state index is -1.08. The molecule has 8 heteroatoms. The number of nitrogens with zero attached hydrogens (tertiary/aromatic N) is 1. The predicted molar refractivity (Wildman–Crippen MR) is 109 cm³/mol. The molecule has 0 aromatic carbocycles. The van der Waals surface area contributed by atoms with Gasteiger partial charge in [0, 0.05) is 6.54 Å². The van der Waals surface area contributed by atoms with Crippen LogP contribution in [-0.2, 0) is 23.9 Å². The van der Waals surface area contributed by atoms with E-state index >= 15 is 0 Å². The van der Waals surface area contributed by atoms with Gasteiger partial charge in [-0.15, -0.1) is 0 Å². The van der Waals surface area contributed by atoms with Crippen LogP contribution < -0.4 is 5.32 Å². The van der Waals surface area contributed by atoms with Crippen molar-refractivity contribution in [1.82, 2.24) is 10.2 Å². The lowest BCUT2D eigenvalue weighted by Gasteiger charge is -2.36. The number of unbranched alkanes of at least 4 members (excludes halogenated alkanes) is 2. The quantitative estimate of drug-likeness (QED) is 0.426. The van der Waals surface area contributed by atoms with Gasteiger partial charge in [0.25, 0.3) is 0 Å². The van der Waals surface area contributed by atoms with Crippen molar-refractivity contribution >= 4 is 17.8 Å². The Hall–Kier alpha value is -1.67. The van der Waals surface area contributed by atoms with Gasteiger partial charge in [0.15, 0.2) is 0 Å². The molecule has 2 amide bonds. The van der Waals surface area contributed by atoms with Crippen LogP contribution >= 0.6 is 0 Å². The van der Waals surface area contributed by atoms with Crippen LogP contribution in [0.5, 0.6) is 0 Å². The Labute approximate surface area is 178 Å². The number of carbonyl (C=O) groups excluding carboxylic acids is 3. The molecule has 3 unspecified atom stereocenters. The molecule has 7 atom stereocenters. The van der Waals surface area contributed by atoms with E-state index in [0.717, 1.165) is 19.3 Å². The number of aliphatic hydroxyl groups excluding tert-OH is 1. The fraction of sp³-hybridized carbons (Fsp3) is 0.864. The number of hydrogen-bond acceptors (Lipinski definition) is 6. The first-order valence-electron chi connectivity index (χ1n) is 11.3. The molecule has 3 aliphatic rings. The van der Waals surface area contributed by atoms with E-state index in [9.17, 15) is 19.5 Å². The summed E-state index contributed by atoms with van der Waals surface area (Å²) in [4.78, 5) is 41.3. The summed E-state index contributed by atoms with van der Waals surface area (Å²) in [5.74, 6) is -2.59. The fourth-order valence-corrected chi connectivity index (χ4v) is 5.81. The molecule has 30 heavy (non-hydrogen) atoms. The first-order valence-corrected chi connectivity index (χ1v) is 11.3. The van der Waals surface area contributed by atoms with Crippen LogP contribution in [0.1, 0.15) is 60.3 Å². The monoisotopic (exact) mass is 424 g/mol. The molecular formula is C22H36N2O6. The van der Waals surface area contributed by atoms with Crippen LogP contribution in [0.25, 0.3) is 0 Å². The number of hydrogen-bond donors (Lipinski definition) is 2. The van der Waals surface area contributed by atoms with E-state index in [1.54, 1.807) is 13.8 Å². The van der Waals surface area contributed by atoms with Crippen LogP contribution in [0.4, 0.5) is 0 Å². The molecule has 3 fully saturated rings. The molecule has 2 N–H and O–H groups in total. The lowest BCUT2D eigenvalue weighted by molar-refractivity contribution is -0.162. The molecule has 3 saturated heterocycles. The van der Waals surface area contributed by atoms with Crippen molar-refractivity contribution in [2.75, 3.05) is 19.8 Å². The Balaban J connectivity index is 2.00. The first kappa shape index (κ1) is 23.0. The zero-order valence-electron chi connectivity index (χ0n) is 18.8. The number of rotatable bonds is 9. The molecule has 3 rings (SSSR count). The summed E-state index contributed by atoms with van der Waals surface area (Å²) in [6.45, 7) is 9.85. The zero-order chi connectivity index (χ0) is 22.3. The molecule has 0 radical (unpaired) electrons. The highest BCUT2D eigenvalue weighted by atomic mass is 16.6. The van der Waals surface area contributed by atoms with Crippen molar-refractivity contribution < 1.29 is 29.0 Å². The van der Waals surface area contributed by atoms with Gasteiger partial charge < -0.3 is 24.8 Å². The third-order valence-electron chi connectivity index (χ3n) is 7.36. The van der Waals surface area contributed by atoms with Crippen molar-refractivity contribution in [1.29, 1.82) is 0 Å². The molecule has 0 aromatic heterocycles.